The molecule has 0 bridgehead atoms. The van der Waals surface area contributed by atoms with E-state index in [0.29, 0.717) is 6.42 Å². The Hall–Kier alpha value is -1.44. The van der Waals surface area contributed by atoms with Crippen LogP contribution in [0.4, 0.5) is 10.9 Å². The molecular weight excluding hydrogens is 378 g/mol. The van der Waals surface area contributed by atoms with Crippen LogP contribution in [0.2, 0.25) is 0 Å². The van der Waals surface area contributed by atoms with Gasteiger partial charge in [0.25, 0.3) is 0 Å². The molecule has 2 aliphatic rings. The zero-order chi connectivity index (χ0) is 15.8. The maximum atomic E-state index is 12.1. The molecule has 1 amide bonds. The number of carbonyl (C=O) groups excluding carboxylic acids is 1. The van der Waals surface area contributed by atoms with Crippen LogP contribution in [-0.2, 0) is 9.53 Å². The molecular formula is C16H16BrN3O2S. The fourth-order valence-electron chi connectivity index (χ4n) is 2.96. The Balaban J connectivity index is 1.69. The normalized spacial score (nSPS) is 21.0. The van der Waals surface area contributed by atoms with Gasteiger partial charge in [-0.3, -0.25) is 4.79 Å². The standard InChI is InChI=1S/C16H16BrN3O2S/c17-11-3-1-10(2-4-11)12-9-13(21)18-15-14(12)23-16(19-15)20-5-7-22-8-6-20/h1-4,12H,5-9H2,(H,18,21)/t12-/m0/s1. The van der Waals surface area contributed by atoms with Gasteiger partial charge in [0.2, 0.25) is 5.91 Å². The Morgan fingerprint density at radius 1 is 1.26 bits per heavy atom. The SMILES string of the molecule is O=C1C[C@@H](c2ccc(Br)cc2)c2sc(N3CCOCC3)nc2N1. The van der Waals surface area contributed by atoms with Crippen LogP contribution in [0.25, 0.3) is 0 Å². The van der Waals surface area contributed by atoms with Gasteiger partial charge in [-0.05, 0) is 17.7 Å². The Morgan fingerprint density at radius 3 is 2.74 bits per heavy atom. The molecule has 3 heterocycles. The monoisotopic (exact) mass is 393 g/mol. The van der Waals surface area contributed by atoms with Gasteiger partial charge in [-0.2, -0.15) is 0 Å². The van der Waals surface area contributed by atoms with Gasteiger partial charge in [-0.15, -0.1) is 0 Å². The summed E-state index contributed by atoms with van der Waals surface area (Å²) >= 11 is 5.15. The van der Waals surface area contributed by atoms with Crippen LogP contribution in [0.15, 0.2) is 28.7 Å². The fourth-order valence-corrected chi connectivity index (χ4v) is 4.43. The number of hydrogen-bond donors (Lipinski definition) is 1. The van der Waals surface area contributed by atoms with Crippen LogP contribution >= 0.6 is 27.3 Å². The highest BCUT2D eigenvalue weighted by Gasteiger charge is 2.31. The first-order valence-electron chi connectivity index (χ1n) is 7.59. The van der Waals surface area contributed by atoms with Gasteiger partial charge in [-0.1, -0.05) is 39.4 Å². The Morgan fingerprint density at radius 2 is 2.00 bits per heavy atom. The second-order valence-electron chi connectivity index (χ2n) is 5.67. The summed E-state index contributed by atoms with van der Waals surface area (Å²) in [5.41, 5.74) is 1.15. The van der Waals surface area contributed by atoms with Gasteiger partial charge >= 0.3 is 0 Å². The number of fused-ring (bicyclic) bond motifs is 1. The smallest absolute Gasteiger partial charge is 0.226 e. The van der Waals surface area contributed by atoms with Crippen molar-refractivity contribution in [1.29, 1.82) is 0 Å². The molecule has 4 rings (SSSR count). The van der Waals surface area contributed by atoms with E-state index in [9.17, 15) is 4.79 Å². The number of benzene rings is 1. The van der Waals surface area contributed by atoms with Crippen molar-refractivity contribution in [3.05, 3.63) is 39.2 Å². The van der Waals surface area contributed by atoms with E-state index in [2.05, 4.69) is 43.3 Å². The van der Waals surface area contributed by atoms with E-state index in [-0.39, 0.29) is 11.8 Å². The molecule has 0 aliphatic carbocycles. The molecule has 0 radical (unpaired) electrons. The third-order valence-corrected chi connectivity index (χ3v) is 5.92. The maximum Gasteiger partial charge on any atom is 0.226 e. The molecule has 1 N–H and O–H groups in total. The van der Waals surface area contributed by atoms with E-state index in [4.69, 9.17) is 4.74 Å². The van der Waals surface area contributed by atoms with Gasteiger partial charge < -0.3 is 15.0 Å². The minimum absolute atomic E-state index is 0.0317. The largest absolute Gasteiger partial charge is 0.378 e. The molecule has 7 heteroatoms. The molecule has 23 heavy (non-hydrogen) atoms. The lowest BCUT2D eigenvalue weighted by Crippen LogP contribution is -2.36. The summed E-state index contributed by atoms with van der Waals surface area (Å²) < 4.78 is 6.44. The van der Waals surface area contributed by atoms with Crippen molar-refractivity contribution >= 4 is 44.1 Å². The summed E-state index contributed by atoms with van der Waals surface area (Å²) in [6.07, 6.45) is 0.472. The lowest BCUT2D eigenvalue weighted by atomic mass is 9.92. The van der Waals surface area contributed by atoms with E-state index in [1.54, 1.807) is 11.3 Å². The highest BCUT2D eigenvalue weighted by molar-refractivity contribution is 9.10. The number of anilines is 2. The van der Waals surface area contributed by atoms with Crippen molar-refractivity contribution in [3.8, 4) is 0 Å². The second kappa shape index (κ2) is 6.22. The molecule has 1 fully saturated rings. The number of halogens is 1. The van der Waals surface area contributed by atoms with Crippen molar-refractivity contribution in [3.63, 3.8) is 0 Å². The van der Waals surface area contributed by atoms with Crippen molar-refractivity contribution in [2.24, 2.45) is 0 Å². The lowest BCUT2D eigenvalue weighted by Gasteiger charge is -2.26. The number of ether oxygens (including phenoxy) is 1. The average molecular weight is 394 g/mol. The first-order chi connectivity index (χ1) is 11.2. The van der Waals surface area contributed by atoms with Crippen molar-refractivity contribution < 1.29 is 9.53 Å². The third kappa shape index (κ3) is 3.00. The van der Waals surface area contributed by atoms with Crippen LogP contribution in [0, 0.1) is 0 Å². The maximum absolute atomic E-state index is 12.1. The molecule has 1 aromatic heterocycles. The van der Waals surface area contributed by atoms with Gasteiger partial charge in [0, 0.05) is 29.9 Å². The molecule has 1 atom stereocenters. The van der Waals surface area contributed by atoms with E-state index < -0.39 is 0 Å². The summed E-state index contributed by atoms with van der Waals surface area (Å²) in [5, 5.41) is 3.90. The number of carbonyl (C=O) groups is 1. The molecule has 0 unspecified atom stereocenters. The number of nitrogens with zero attached hydrogens (tertiary/aromatic N) is 2. The second-order valence-corrected chi connectivity index (χ2v) is 7.59. The molecule has 2 aliphatic heterocycles. The first kappa shape index (κ1) is 15.1. The van der Waals surface area contributed by atoms with Crippen LogP contribution in [-0.4, -0.2) is 37.2 Å². The van der Waals surface area contributed by atoms with Crippen LogP contribution in [0.1, 0.15) is 22.8 Å². The minimum atomic E-state index is 0.0317. The summed E-state index contributed by atoms with van der Waals surface area (Å²) in [6, 6.07) is 8.19. The molecule has 0 saturated carbocycles. The minimum Gasteiger partial charge on any atom is -0.378 e. The zero-order valence-corrected chi connectivity index (χ0v) is 14.8. The topological polar surface area (TPSA) is 54.5 Å². The zero-order valence-electron chi connectivity index (χ0n) is 12.4. The summed E-state index contributed by atoms with van der Waals surface area (Å²) in [7, 11) is 0. The van der Waals surface area contributed by atoms with Gasteiger partial charge in [0.1, 0.15) is 5.82 Å². The number of amides is 1. The molecule has 120 valence electrons. The predicted octanol–water partition coefficient (Wildman–Crippen LogP) is 3.22. The van der Waals surface area contributed by atoms with Gasteiger partial charge in [0.15, 0.2) is 5.13 Å². The molecule has 5 nitrogen and oxygen atoms in total. The molecule has 1 aromatic carbocycles. The van der Waals surface area contributed by atoms with Crippen LogP contribution < -0.4 is 10.2 Å². The third-order valence-electron chi connectivity index (χ3n) is 4.16. The predicted molar refractivity (Wildman–Crippen MR) is 94.4 cm³/mol. The van der Waals surface area contributed by atoms with Crippen molar-refractivity contribution in [2.45, 2.75) is 12.3 Å². The van der Waals surface area contributed by atoms with E-state index in [1.807, 2.05) is 12.1 Å². The Kier molecular flexibility index (Phi) is 4.09. The highest BCUT2D eigenvalue weighted by atomic mass is 79.9. The Bertz CT molecular complexity index is 725. The highest BCUT2D eigenvalue weighted by Crippen LogP contribution is 2.43. The number of morpholine rings is 1. The fraction of sp³-hybridized carbons (Fsp3) is 0.375. The average Bonchev–Trinajstić information content (AvgIpc) is 2.99. The number of rotatable bonds is 2. The van der Waals surface area contributed by atoms with E-state index in [1.165, 1.54) is 0 Å². The van der Waals surface area contributed by atoms with E-state index in [0.717, 1.165) is 52.2 Å². The summed E-state index contributed by atoms with van der Waals surface area (Å²) in [5.74, 6) is 0.837. The van der Waals surface area contributed by atoms with E-state index >= 15 is 0 Å². The van der Waals surface area contributed by atoms with Crippen LogP contribution in [0.5, 0.6) is 0 Å². The number of thiazole rings is 1. The summed E-state index contributed by atoms with van der Waals surface area (Å²) in [6.45, 7) is 3.16. The quantitative estimate of drug-likeness (QED) is 0.850. The number of hydrogen-bond acceptors (Lipinski definition) is 5. The van der Waals surface area contributed by atoms with Gasteiger partial charge in [-0.25, -0.2) is 4.98 Å². The molecule has 2 aromatic rings. The number of nitrogens with one attached hydrogen (secondary N) is 1. The number of aromatic nitrogens is 1. The van der Waals surface area contributed by atoms with Crippen LogP contribution in [0.3, 0.4) is 0 Å². The van der Waals surface area contributed by atoms with Crippen molar-refractivity contribution in [2.75, 3.05) is 36.5 Å². The van der Waals surface area contributed by atoms with Crippen molar-refractivity contribution in [1.82, 2.24) is 4.98 Å². The van der Waals surface area contributed by atoms with Gasteiger partial charge in [0.05, 0.1) is 18.1 Å². The Labute approximate surface area is 146 Å². The molecule has 1 saturated heterocycles. The molecule has 0 spiro atoms. The lowest BCUT2D eigenvalue weighted by molar-refractivity contribution is -0.116. The summed E-state index contributed by atoms with van der Waals surface area (Å²) in [4.78, 5) is 20.1. The first-order valence-corrected chi connectivity index (χ1v) is 9.20.